The van der Waals surface area contributed by atoms with Gasteiger partial charge in [0.25, 0.3) is 0 Å². The van der Waals surface area contributed by atoms with Crippen molar-refractivity contribution >= 4 is 28.3 Å². The molecule has 0 bridgehead atoms. The lowest BCUT2D eigenvalue weighted by atomic mass is 9.90. The van der Waals surface area contributed by atoms with Crippen LogP contribution in [0.4, 0.5) is 5.69 Å². The van der Waals surface area contributed by atoms with Crippen molar-refractivity contribution in [2.24, 2.45) is 5.41 Å². The van der Waals surface area contributed by atoms with Crippen molar-refractivity contribution in [2.45, 2.75) is 26.7 Å². The summed E-state index contributed by atoms with van der Waals surface area (Å²) in [7, 11) is 0. The molecule has 0 fully saturated rings. The lowest BCUT2D eigenvalue weighted by Crippen LogP contribution is -2.11. The fourth-order valence-electron chi connectivity index (χ4n) is 1.41. The van der Waals surface area contributed by atoms with Crippen molar-refractivity contribution in [3.8, 4) is 6.07 Å². The first-order valence-electron chi connectivity index (χ1n) is 5.45. The van der Waals surface area contributed by atoms with Crippen molar-refractivity contribution in [2.75, 3.05) is 11.9 Å². The van der Waals surface area contributed by atoms with Gasteiger partial charge in [-0.25, -0.2) is 0 Å². The molecular weight excluding hydrogens is 311 g/mol. The zero-order chi connectivity index (χ0) is 12.0. The second-order valence-corrected chi connectivity index (χ2v) is 5.67. The average Bonchev–Trinajstić information content (AvgIpc) is 2.27. The second kappa shape index (κ2) is 6.09. The molecule has 1 aromatic rings. The zero-order valence-corrected chi connectivity index (χ0v) is 11.9. The van der Waals surface area contributed by atoms with Gasteiger partial charge in [-0.05, 0) is 61.4 Å². The average molecular weight is 328 g/mol. The standard InChI is InChI=1S/C13H17IN2/c1-13(2,10-15)8-5-9-16-12-7-4-3-6-11(12)14/h3-4,6-7,16H,5,8-9H2,1-2H3. The van der Waals surface area contributed by atoms with E-state index in [4.69, 9.17) is 5.26 Å². The minimum absolute atomic E-state index is 0.203. The Hall–Kier alpha value is -0.760. The molecule has 86 valence electrons. The molecule has 3 heteroatoms. The van der Waals surface area contributed by atoms with Gasteiger partial charge in [-0.2, -0.15) is 5.26 Å². The molecule has 1 rings (SSSR count). The molecule has 1 aromatic carbocycles. The summed E-state index contributed by atoms with van der Waals surface area (Å²) in [6, 6.07) is 10.6. The third kappa shape index (κ3) is 4.40. The SMILES string of the molecule is CC(C)(C#N)CCCNc1ccccc1I. The molecule has 2 nitrogen and oxygen atoms in total. The lowest BCUT2D eigenvalue weighted by Gasteiger charge is -2.15. The Morgan fingerprint density at radius 2 is 2.06 bits per heavy atom. The van der Waals surface area contributed by atoms with E-state index in [1.54, 1.807) is 0 Å². The van der Waals surface area contributed by atoms with Gasteiger partial charge in [0.15, 0.2) is 0 Å². The first kappa shape index (κ1) is 13.3. The minimum Gasteiger partial charge on any atom is -0.384 e. The molecule has 0 amide bonds. The minimum atomic E-state index is -0.203. The predicted molar refractivity (Wildman–Crippen MR) is 76.3 cm³/mol. The van der Waals surface area contributed by atoms with Gasteiger partial charge >= 0.3 is 0 Å². The molecule has 0 atom stereocenters. The number of nitriles is 1. The number of hydrogen-bond donors (Lipinski definition) is 1. The largest absolute Gasteiger partial charge is 0.384 e. The maximum absolute atomic E-state index is 8.88. The third-order valence-corrected chi connectivity index (χ3v) is 3.41. The molecule has 0 heterocycles. The van der Waals surface area contributed by atoms with Crippen LogP contribution in [0.25, 0.3) is 0 Å². The van der Waals surface area contributed by atoms with Gasteiger partial charge in [0.2, 0.25) is 0 Å². The van der Waals surface area contributed by atoms with Gasteiger partial charge in [0.05, 0.1) is 11.5 Å². The highest BCUT2D eigenvalue weighted by Gasteiger charge is 2.15. The van der Waals surface area contributed by atoms with E-state index in [2.05, 4.69) is 46.1 Å². The summed E-state index contributed by atoms with van der Waals surface area (Å²) < 4.78 is 1.24. The van der Waals surface area contributed by atoms with Gasteiger partial charge in [-0.1, -0.05) is 12.1 Å². The summed E-state index contributed by atoms with van der Waals surface area (Å²) in [6.07, 6.45) is 1.95. The molecule has 0 saturated carbocycles. The molecule has 1 N–H and O–H groups in total. The van der Waals surface area contributed by atoms with E-state index in [9.17, 15) is 0 Å². The fraction of sp³-hybridized carbons (Fsp3) is 0.462. The maximum Gasteiger partial charge on any atom is 0.0683 e. The van der Waals surface area contributed by atoms with Crippen molar-refractivity contribution in [3.63, 3.8) is 0 Å². The normalized spacial score (nSPS) is 10.9. The van der Waals surface area contributed by atoms with Gasteiger partial charge < -0.3 is 5.32 Å². The van der Waals surface area contributed by atoms with Gasteiger partial charge in [-0.15, -0.1) is 0 Å². The first-order chi connectivity index (χ1) is 7.55. The number of halogens is 1. The van der Waals surface area contributed by atoms with Crippen LogP contribution in [-0.2, 0) is 0 Å². The van der Waals surface area contributed by atoms with E-state index in [0.29, 0.717) is 0 Å². The Balaban J connectivity index is 2.33. The second-order valence-electron chi connectivity index (χ2n) is 4.51. The number of benzene rings is 1. The molecular formula is C13H17IN2. The Morgan fingerprint density at radius 1 is 1.38 bits per heavy atom. The Kier molecular flexibility index (Phi) is 5.07. The fourth-order valence-corrected chi connectivity index (χ4v) is 1.99. The van der Waals surface area contributed by atoms with Crippen LogP contribution in [0.5, 0.6) is 0 Å². The molecule has 0 aliphatic rings. The first-order valence-corrected chi connectivity index (χ1v) is 6.53. The number of anilines is 1. The summed E-state index contributed by atoms with van der Waals surface area (Å²) in [5.74, 6) is 0. The van der Waals surface area contributed by atoms with Crippen molar-refractivity contribution in [3.05, 3.63) is 27.8 Å². The highest BCUT2D eigenvalue weighted by molar-refractivity contribution is 14.1. The summed E-state index contributed by atoms with van der Waals surface area (Å²) in [5.41, 5.74) is 0.976. The maximum atomic E-state index is 8.88. The van der Waals surface area contributed by atoms with Crippen LogP contribution in [0.2, 0.25) is 0 Å². The molecule has 16 heavy (non-hydrogen) atoms. The van der Waals surface area contributed by atoms with Gasteiger partial charge in [-0.3, -0.25) is 0 Å². The Labute approximate surface area is 111 Å². The van der Waals surface area contributed by atoms with Crippen LogP contribution in [0.1, 0.15) is 26.7 Å². The lowest BCUT2D eigenvalue weighted by molar-refractivity contribution is 0.441. The molecule has 0 radical (unpaired) electrons. The number of nitrogens with one attached hydrogen (secondary N) is 1. The van der Waals surface area contributed by atoms with Crippen LogP contribution >= 0.6 is 22.6 Å². The van der Waals surface area contributed by atoms with E-state index in [1.165, 1.54) is 9.26 Å². The summed E-state index contributed by atoms with van der Waals surface area (Å²) in [5, 5.41) is 12.3. The quantitative estimate of drug-likeness (QED) is 0.654. The zero-order valence-electron chi connectivity index (χ0n) is 9.76. The molecule has 0 unspecified atom stereocenters. The summed E-state index contributed by atoms with van der Waals surface area (Å²) >= 11 is 2.32. The highest BCUT2D eigenvalue weighted by Crippen LogP contribution is 2.21. The Bertz CT molecular complexity index is 380. The summed E-state index contributed by atoms with van der Waals surface area (Å²) in [6.45, 7) is 4.89. The molecule has 0 aliphatic carbocycles. The van der Waals surface area contributed by atoms with Crippen LogP contribution in [0, 0.1) is 20.3 Å². The van der Waals surface area contributed by atoms with E-state index in [1.807, 2.05) is 26.0 Å². The van der Waals surface area contributed by atoms with E-state index >= 15 is 0 Å². The van der Waals surface area contributed by atoms with Crippen LogP contribution in [0.3, 0.4) is 0 Å². The number of hydrogen-bond acceptors (Lipinski definition) is 2. The monoisotopic (exact) mass is 328 g/mol. The highest BCUT2D eigenvalue weighted by atomic mass is 127. The topological polar surface area (TPSA) is 35.8 Å². The van der Waals surface area contributed by atoms with Crippen molar-refractivity contribution in [1.29, 1.82) is 5.26 Å². The van der Waals surface area contributed by atoms with E-state index in [0.717, 1.165) is 19.4 Å². The third-order valence-electron chi connectivity index (χ3n) is 2.47. The molecule has 0 saturated heterocycles. The van der Waals surface area contributed by atoms with Gasteiger partial charge in [0, 0.05) is 15.8 Å². The molecule has 0 spiro atoms. The smallest absolute Gasteiger partial charge is 0.0683 e. The number of rotatable bonds is 5. The van der Waals surface area contributed by atoms with Crippen LogP contribution < -0.4 is 5.32 Å². The molecule has 0 aromatic heterocycles. The van der Waals surface area contributed by atoms with Crippen molar-refractivity contribution in [1.82, 2.24) is 0 Å². The van der Waals surface area contributed by atoms with Crippen molar-refractivity contribution < 1.29 is 0 Å². The number of nitrogens with zero attached hydrogens (tertiary/aromatic N) is 1. The van der Waals surface area contributed by atoms with Crippen LogP contribution in [0.15, 0.2) is 24.3 Å². The number of para-hydroxylation sites is 1. The molecule has 0 aliphatic heterocycles. The van der Waals surface area contributed by atoms with Crippen LogP contribution in [-0.4, -0.2) is 6.54 Å². The van der Waals surface area contributed by atoms with E-state index in [-0.39, 0.29) is 5.41 Å². The Morgan fingerprint density at radius 3 is 2.69 bits per heavy atom. The summed E-state index contributed by atoms with van der Waals surface area (Å²) in [4.78, 5) is 0. The van der Waals surface area contributed by atoms with Gasteiger partial charge in [0.1, 0.15) is 0 Å². The predicted octanol–water partition coefficient (Wildman–Crippen LogP) is 4.03. The van der Waals surface area contributed by atoms with E-state index < -0.39 is 0 Å².